The minimum atomic E-state index is -1.58. The molecule has 0 aliphatic rings. The van der Waals surface area contributed by atoms with E-state index >= 15 is 0 Å². The summed E-state index contributed by atoms with van der Waals surface area (Å²) in [6, 6.07) is -4.31. The van der Waals surface area contributed by atoms with E-state index in [-0.39, 0.29) is 6.42 Å². The highest BCUT2D eigenvalue weighted by molar-refractivity contribution is 7.98. The van der Waals surface area contributed by atoms with Crippen LogP contribution in [0.1, 0.15) is 19.3 Å². The molecule has 0 aliphatic heterocycles. The minimum Gasteiger partial charge on any atom is -0.481 e. The van der Waals surface area contributed by atoms with Crippen molar-refractivity contribution in [2.45, 2.75) is 37.4 Å². The Morgan fingerprint density at radius 3 is 1.88 bits per heavy atom. The van der Waals surface area contributed by atoms with Gasteiger partial charge in [-0.2, -0.15) is 11.8 Å². The SMILES string of the molecule is CSCCC(NC(=O)C(CC(=O)O)NC(=O)C(N)CC(=O)O)C(=O)O. The van der Waals surface area contributed by atoms with Gasteiger partial charge in [-0.3, -0.25) is 19.2 Å². The molecule has 3 atom stereocenters. The van der Waals surface area contributed by atoms with Crippen molar-refractivity contribution in [1.29, 1.82) is 0 Å². The summed E-state index contributed by atoms with van der Waals surface area (Å²) in [5, 5.41) is 30.7. The summed E-state index contributed by atoms with van der Waals surface area (Å²) >= 11 is 1.36. The van der Waals surface area contributed by atoms with Gasteiger partial charge in [-0.1, -0.05) is 0 Å². The van der Waals surface area contributed by atoms with Crippen molar-refractivity contribution < 1.29 is 39.3 Å². The molecule has 0 aromatic carbocycles. The molecule has 0 saturated carbocycles. The average Bonchev–Trinajstić information content (AvgIpc) is 2.48. The lowest BCUT2D eigenvalue weighted by Crippen LogP contribution is -2.55. The molecule has 0 rings (SSSR count). The second-order valence-electron chi connectivity index (χ2n) is 5.04. The zero-order valence-corrected chi connectivity index (χ0v) is 14.2. The molecule has 0 saturated heterocycles. The predicted molar refractivity (Wildman–Crippen MR) is 87.0 cm³/mol. The lowest BCUT2D eigenvalue weighted by molar-refractivity contribution is -0.144. The van der Waals surface area contributed by atoms with Crippen LogP contribution in [0.2, 0.25) is 0 Å². The van der Waals surface area contributed by atoms with E-state index in [0.717, 1.165) is 0 Å². The van der Waals surface area contributed by atoms with Crippen LogP contribution in [0.4, 0.5) is 0 Å². The smallest absolute Gasteiger partial charge is 0.326 e. The van der Waals surface area contributed by atoms with Crippen LogP contribution in [0.3, 0.4) is 0 Å². The molecule has 0 aliphatic carbocycles. The van der Waals surface area contributed by atoms with Gasteiger partial charge in [-0.25, -0.2) is 4.79 Å². The number of nitrogens with two attached hydrogens (primary N) is 1. The molecule has 2 amide bonds. The molecule has 142 valence electrons. The number of amides is 2. The summed E-state index contributed by atoms with van der Waals surface area (Å²) in [6.07, 6.45) is 0.331. The first-order chi connectivity index (χ1) is 11.6. The van der Waals surface area contributed by atoms with Gasteiger partial charge in [0.1, 0.15) is 12.1 Å². The molecule has 0 aromatic heterocycles. The number of carbonyl (C=O) groups excluding carboxylic acids is 2. The minimum absolute atomic E-state index is 0.106. The molecule has 25 heavy (non-hydrogen) atoms. The second-order valence-corrected chi connectivity index (χ2v) is 6.03. The number of carboxylic acids is 3. The van der Waals surface area contributed by atoms with E-state index in [1.807, 2.05) is 5.32 Å². The van der Waals surface area contributed by atoms with E-state index in [1.165, 1.54) is 11.8 Å². The van der Waals surface area contributed by atoms with Crippen LogP contribution in [0.25, 0.3) is 0 Å². The number of aliphatic carboxylic acids is 3. The fourth-order valence-corrected chi connectivity index (χ4v) is 2.18. The third-order valence-electron chi connectivity index (χ3n) is 2.97. The standard InChI is InChI=1S/C13H21N3O8S/c1-25-3-2-7(13(23)24)15-12(22)8(5-10(19)20)16-11(21)6(14)4-9(17)18/h6-8H,2-5,14H2,1H3,(H,15,22)(H,16,21)(H,17,18)(H,19,20)(H,23,24). The number of thioether (sulfide) groups is 1. The van der Waals surface area contributed by atoms with E-state index in [1.54, 1.807) is 6.26 Å². The van der Waals surface area contributed by atoms with Gasteiger partial charge in [-0.05, 0) is 18.4 Å². The first-order valence-electron chi connectivity index (χ1n) is 7.10. The van der Waals surface area contributed by atoms with Gasteiger partial charge in [-0.15, -0.1) is 0 Å². The summed E-state index contributed by atoms with van der Waals surface area (Å²) in [7, 11) is 0. The van der Waals surface area contributed by atoms with Crippen LogP contribution in [0.15, 0.2) is 0 Å². The number of hydrogen-bond acceptors (Lipinski definition) is 7. The van der Waals surface area contributed by atoms with Crippen molar-refractivity contribution >= 4 is 41.5 Å². The Balaban J connectivity index is 5.01. The highest BCUT2D eigenvalue weighted by atomic mass is 32.2. The second kappa shape index (κ2) is 11.3. The Kier molecular flexibility index (Phi) is 10.2. The maximum atomic E-state index is 12.1. The van der Waals surface area contributed by atoms with Crippen LogP contribution < -0.4 is 16.4 Å². The topological polar surface area (TPSA) is 196 Å². The zero-order valence-electron chi connectivity index (χ0n) is 13.4. The van der Waals surface area contributed by atoms with Gasteiger partial charge in [0, 0.05) is 0 Å². The summed E-state index contributed by atoms with van der Waals surface area (Å²) in [5.74, 6) is -5.65. The van der Waals surface area contributed by atoms with Crippen molar-refractivity contribution in [2.24, 2.45) is 5.73 Å². The molecule has 0 heterocycles. The van der Waals surface area contributed by atoms with E-state index in [0.29, 0.717) is 5.75 Å². The molecule has 12 heteroatoms. The fraction of sp³-hybridized carbons (Fsp3) is 0.615. The van der Waals surface area contributed by atoms with Gasteiger partial charge in [0.05, 0.1) is 18.9 Å². The Hall–Kier alpha value is -2.34. The van der Waals surface area contributed by atoms with Crippen LogP contribution in [-0.2, 0) is 24.0 Å². The molecule has 0 aromatic rings. The number of nitrogens with one attached hydrogen (secondary N) is 2. The van der Waals surface area contributed by atoms with Crippen LogP contribution in [-0.4, -0.2) is 75.2 Å². The van der Waals surface area contributed by atoms with Gasteiger partial charge in [0.25, 0.3) is 0 Å². The van der Waals surface area contributed by atoms with Crippen LogP contribution in [0, 0.1) is 0 Å². The Labute approximate surface area is 147 Å². The van der Waals surface area contributed by atoms with Gasteiger partial charge >= 0.3 is 17.9 Å². The van der Waals surface area contributed by atoms with E-state index < -0.39 is 60.7 Å². The maximum absolute atomic E-state index is 12.1. The number of hydrogen-bond donors (Lipinski definition) is 6. The molecule has 0 radical (unpaired) electrons. The third-order valence-corrected chi connectivity index (χ3v) is 3.61. The molecular weight excluding hydrogens is 358 g/mol. The van der Waals surface area contributed by atoms with Crippen molar-refractivity contribution in [3.05, 3.63) is 0 Å². The molecule has 0 spiro atoms. The molecule has 3 unspecified atom stereocenters. The summed E-state index contributed by atoms with van der Waals surface area (Å²) in [4.78, 5) is 56.4. The Morgan fingerprint density at radius 1 is 0.920 bits per heavy atom. The van der Waals surface area contributed by atoms with Crippen molar-refractivity contribution in [1.82, 2.24) is 10.6 Å². The number of carboxylic acid groups (broad SMARTS) is 3. The normalized spacial score (nSPS) is 14.0. The van der Waals surface area contributed by atoms with Crippen molar-refractivity contribution in [3.8, 4) is 0 Å². The van der Waals surface area contributed by atoms with Crippen LogP contribution >= 0.6 is 11.8 Å². The van der Waals surface area contributed by atoms with Crippen molar-refractivity contribution in [2.75, 3.05) is 12.0 Å². The summed E-state index contributed by atoms with van der Waals surface area (Å²) < 4.78 is 0. The highest BCUT2D eigenvalue weighted by Gasteiger charge is 2.29. The zero-order chi connectivity index (χ0) is 19.6. The molecule has 11 nitrogen and oxygen atoms in total. The fourth-order valence-electron chi connectivity index (χ4n) is 1.71. The first kappa shape index (κ1) is 22.7. The molecule has 0 fully saturated rings. The lowest BCUT2D eigenvalue weighted by atomic mass is 10.1. The Bertz CT molecular complexity index is 527. The summed E-state index contributed by atoms with van der Waals surface area (Å²) in [5.41, 5.74) is 5.34. The summed E-state index contributed by atoms with van der Waals surface area (Å²) in [6.45, 7) is 0. The molecule has 7 N–H and O–H groups in total. The van der Waals surface area contributed by atoms with E-state index in [4.69, 9.17) is 21.1 Å². The lowest BCUT2D eigenvalue weighted by Gasteiger charge is -2.21. The molecular formula is C13H21N3O8S. The maximum Gasteiger partial charge on any atom is 0.326 e. The monoisotopic (exact) mass is 379 g/mol. The third kappa shape index (κ3) is 9.52. The van der Waals surface area contributed by atoms with Gasteiger partial charge in [0.2, 0.25) is 11.8 Å². The predicted octanol–water partition coefficient (Wildman–Crippen LogP) is -1.93. The average molecular weight is 379 g/mol. The molecule has 0 bridgehead atoms. The Morgan fingerprint density at radius 2 is 1.44 bits per heavy atom. The van der Waals surface area contributed by atoms with E-state index in [2.05, 4.69) is 5.32 Å². The van der Waals surface area contributed by atoms with Crippen molar-refractivity contribution in [3.63, 3.8) is 0 Å². The number of carbonyl (C=O) groups is 5. The largest absolute Gasteiger partial charge is 0.481 e. The first-order valence-corrected chi connectivity index (χ1v) is 8.49. The quantitative estimate of drug-likeness (QED) is 0.222. The van der Waals surface area contributed by atoms with E-state index in [9.17, 15) is 24.0 Å². The van der Waals surface area contributed by atoms with Gasteiger partial charge in [0.15, 0.2) is 0 Å². The van der Waals surface area contributed by atoms with Gasteiger partial charge < -0.3 is 31.7 Å². The van der Waals surface area contributed by atoms with Crippen LogP contribution in [0.5, 0.6) is 0 Å². The number of rotatable bonds is 12. The highest BCUT2D eigenvalue weighted by Crippen LogP contribution is 2.03.